The normalized spacial score (nSPS) is 21.2. The fourth-order valence-corrected chi connectivity index (χ4v) is 3.03. The standard InChI is InChI=1S/C16H24N2O2/c1-3-17(12-16(19)20)15-9-10-18(11-15)13(2)14-7-5-4-6-8-14/h4-8,13,15H,3,9-12H2,1-2H3,(H,19,20)/t13-,15-/m0/s1. The molecule has 4 nitrogen and oxygen atoms in total. The molecule has 1 aromatic carbocycles. The molecule has 110 valence electrons. The zero-order valence-electron chi connectivity index (χ0n) is 12.3. The van der Waals surface area contributed by atoms with Crippen molar-refractivity contribution in [1.29, 1.82) is 0 Å². The monoisotopic (exact) mass is 276 g/mol. The van der Waals surface area contributed by atoms with Gasteiger partial charge in [0.1, 0.15) is 0 Å². The highest BCUT2D eigenvalue weighted by Crippen LogP contribution is 2.26. The van der Waals surface area contributed by atoms with Crippen LogP contribution in [0.2, 0.25) is 0 Å². The summed E-state index contributed by atoms with van der Waals surface area (Å²) in [7, 11) is 0. The molecule has 4 heteroatoms. The van der Waals surface area contributed by atoms with Gasteiger partial charge in [0.05, 0.1) is 6.54 Å². The topological polar surface area (TPSA) is 43.8 Å². The van der Waals surface area contributed by atoms with Gasteiger partial charge < -0.3 is 5.11 Å². The highest BCUT2D eigenvalue weighted by Gasteiger charge is 2.30. The lowest BCUT2D eigenvalue weighted by Gasteiger charge is -2.28. The summed E-state index contributed by atoms with van der Waals surface area (Å²) in [6, 6.07) is 11.3. The minimum atomic E-state index is -0.735. The SMILES string of the molecule is CCN(CC(=O)O)[C@H]1CCN([C@@H](C)c2ccccc2)C1. The van der Waals surface area contributed by atoms with Crippen molar-refractivity contribution >= 4 is 5.97 Å². The number of nitrogens with zero attached hydrogens (tertiary/aromatic N) is 2. The van der Waals surface area contributed by atoms with E-state index in [1.807, 2.05) is 13.0 Å². The molecule has 0 radical (unpaired) electrons. The first-order chi connectivity index (χ1) is 9.61. The van der Waals surface area contributed by atoms with Crippen molar-refractivity contribution in [3.05, 3.63) is 35.9 Å². The lowest BCUT2D eigenvalue weighted by Crippen LogP contribution is -2.40. The van der Waals surface area contributed by atoms with Gasteiger partial charge in [0.25, 0.3) is 0 Å². The average molecular weight is 276 g/mol. The summed E-state index contributed by atoms with van der Waals surface area (Å²) in [5, 5.41) is 8.97. The van der Waals surface area contributed by atoms with E-state index in [4.69, 9.17) is 5.11 Å². The Kier molecular flexibility index (Phi) is 5.15. The maximum atomic E-state index is 10.9. The molecule has 1 aliphatic rings. The summed E-state index contributed by atoms with van der Waals surface area (Å²) in [4.78, 5) is 15.4. The summed E-state index contributed by atoms with van der Waals surface area (Å²) >= 11 is 0. The first kappa shape index (κ1) is 15.0. The highest BCUT2D eigenvalue weighted by molar-refractivity contribution is 5.69. The molecule has 0 bridgehead atoms. The Labute approximate surface area is 121 Å². The van der Waals surface area contributed by atoms with E-state index in [2.05, 4.69) is 41.0 Å². The van der Waals surface area contributed by atoms with Gasteiger partial charge in [0.2, 0.25) is 0 Å². The number of carbonyl (C=O) groups is 1. The Morgan fingerprint density at radius 1 is 1.45 bits per heavy atom. The van der Waals surface area contributed by atoms with Crippen LogP contribution in [0.5, 0.6) is 0 Å². The fourth-order valence-electron chi connectivity index (χ4n) is 3.03. The number of likely N-dealkylation sites (N-methyl/N-ethyl adjacent to an activating group) is 1. The van der Waals surface area contributed by atoms with Crippen molar-refractivity contribution in [2.45, 2.75) is 32.4 Å². The minimum Gasteiger partial charge on any atom is -0.480 e. The van der Waals surface area contributed by atoms with Crippen molar-refractivity contribution in [1.82, 2.24) is 9.80 Å². The van der Waals surface area contributed by atoms with Gasteiger partial charge in [-0.25, -0.2) is 0 Å². The number of hydrogen-bond acceptors (Lipinski definition) is 3. The van der Waals surface area contributed by atoms with Gasteiger partial charge >= 0.3 is 5.97 Å². The maximum absolute atomic E-state index is 10.9. The second-order valence-electron chi connectivity index (χ2n) is 5.48. The third-order valence-electron chi connectivity index (χ3n) is 4.29. The second-order valence-corrected chi connectivity index (χ2v) is 5.48. The van der Waals surface area contributed by atoms with Crippen molar-refractivity contribution in [3.63, 3.8) is 0 Å². The minimum absolute atomic E-state index is 0.148. The molecule has 1 fully saturated rings. The van der Waals surface area contributed by atoms with E-state index in [1.54, 1.807) is 0 Å². The molecule has 1 aliphatic heterocycles. The van der Waals surface area contributed by atoms with Crippen molar-refractivity contribution in [3.8, 4) is 0 Å². The van der Waals surface area contributed by atoms with Crippen LogP contribution in [0.1, 0.15) is 31.9 Å². The van der Waals surface area contributed by atoms with Crippen LogP contribution in [0, 0.1) is 0 Å². The van der Waals surface area contributed by atoms with Crippen LogP contribution in [0.15, 0.2) is 30.3 Å². The van der Waals surface area contributed by atoms with Crippen LogP contribution in [0.3, 0.4) is 0 Å². The predicted octanol–water partition coefficient (Wildman–Crippen LogP) is 2.23. The summed E-state index contributed by atoms with van der Waals surface area (Å²) in [6.45, 7) is 7.20. The molecule has 1 heterocycles. The number of carboxylic acid groups (broad SMARTS) is 1. The number of likely N-dealkylation sites (tertiary alicyclic amines) is 1. The zero-order valence-corrected chi connectivity index (χ0v) is 12.3. The Morgan fingerprint density at radius 2 is 2.15 bits per heavy atom. The van der Waals surface area contributed by atoms with E-state index in [9.17, 15) is 4.79 Å². The third-order valence-corrected chi connectivity index (χ3v) is 4.29. The molecular formula is C16H24N2O2. The number of carboxylic acids is 1. The molecule has 0 saturated carbocycles. The van der Waals surface area contributed by atoms with E-state index >= 15 is 0 Å². The van der Waals surface area contributed by atoms with Crippen LogP contribution in [0.25, 0.3) is 0 Å². The lowest BCUT2D eigenvalue weighted by atomic mass is 10.1. The van der Waals surface area contributed by atoms with Crippen LogP contribution >= 0.6 is 0 Å². The number of hydrogen-bond donors (Lipinski definition) is 1. The number of aliphatic carboxylic acids is 1. The molecule has 0 amide bonds. The van der Waals surface area contributed by atoms with Crippen molar-refractivity contribution < 1.29 is 9.90 Å². The van der Waals surface area contributed by atoms with Gasteiger partial charge in [-0.05, 0) is 25.5 Å². The average Bonchev–Trinajstić information content (AvgIpc) is 2.94. The lowest BCUT2D eigenvalue weighted by molar-refractivity contribution is -0.138. The smallest absolute Gasteiger partial charge is 0.317 e. The molecule has 0 spiro atoms. The van der Waals surface area contributed by atoms with Crippen LogP contribution < -0.4 is 0 Å². The van der Waals surface area contributed by atoms with Gasteiger partial charge in [-0.1, -0.05) is 37.3 Å². The molecule has 0 aromatic heterocycles. The second kappa shape index (κ2) is 6.86. The summed E-state index contributed by atoms with van der Waals surface area (Å²) in [5.74, 6) is -0.735. The maximum Gasteiger partial charge on any atom is 0.317 e. The van der Waals surface area contributed by atoms with E-state index in [0.29, 0.717) is 12.1 Å². The third kappa shape index (κ3) is 3.58. The summed E-state index contributed by atoms with van der Waals surface area (Å²) < 4.78 is 0. The first-order valence-electron chi connectivity index (χ1n) is 7.36. The number of rotatable bonds is 6. The van der Waals surface area contributed by atoms with Crippen molar-refractivity contribution in [2.75, 3.05) is 26.2 Å². The van der Waals surface area contributed by atoms with Gasteiger partial charge in [0, 0.05) is 25.2 Å². The van der Waals surface area contributed by atoms with E-state index in [-0.39, 0.29) is 6.54 Å². The molecule has 2 rings (SSSR count). The quantitative estimate of drug-likeness (QED) is 0.865. The first-order valence-corrected chi connectivity index (χ1v) is 7.36. The molecule has 20 heavy (non-hydrogen) atoms. The molecule has 0 unspecified atom stereocenters. The Balaban J connectivity index is 1.96. The fraction of sp³-hybridized carbons (Fsp3) is 0.562. The van der Waals surface area contributed by atoms with E-state index in [0.717, 1.165) is 26.1 Å². The Hall–Kier alpha value is -1.39. The number of benzene rings is 1. The molecular weight excluding hydrogens is 252 g/mol. The molecule has 1 N–H and O–H groups in total. The Morgan fingerprint density at radius 3 is 2.75 bits per heavy atom. The van der Waals surface area contributed by atoms with E-state index < -0.39 is 5.97 Å². The van der Waals surface area contributed by atoms with Gasteiger partial charge in [-0.3, -0.25) is 14.6 Å². The molecule has 2 atom stereocenters. The molecule has 1 saturated heterocycles. The molecule has 0 aliphatic carbocycles. The van der Waals surface area contributed by atoms with Gasteiger partial charge in [-0.2, -0.15) is 0 Å². The summed E-state index contributed by atoms with van der Waals surface area (Å²) in [6.07, 6.45) is 1.05. The zero-order chi connectivity index (χ0) is 14.5. The largest absolute Gasteiger partial charge is 0.480 e. The van der Waals surface area contributed by atoms with Crippen molar-refractivity contribution in [2.24, 2.45) is 0 Å². The summed E-state index contributed by atoms with van der Waals surface area (Å²) in [5.41, 5.74) is 1.33. The Bertz CT molecular complexity index is 435. The van der Waals surface area contributed by atoms with Gasteiger partial charge in [-0.15, -0.1) is 0 Å². The van der Waals surface area contributed by atoms with Gasteiger partial charge in [0.15, 0.2) is 0 Å². The van der Waals surface area contributed by atoms with Crippen LogP contribution in [-0.4, -0.2) is 53.1 Å². The van der Waals surface area contributed by atoms with E-state index in [1.165, 1.54) is 5.56 Å². The predicted molar refractivity (Wildman–Crippen MR) is 79.7 cm³/mol. The highest BCUT2D eigenvalue weighted by atomic mass is 16.4. The van der Waals surface area contributed by atoms with Crippen LogP contribution in [-0.2, 0) is 4.79 Å². The van der Waals surface area contributed by atoms with Crippen LogP contribution in [0.4, 0.5) is 0 Å². The molecule has 1 aromatic rings.